The van der Waals surface area contributed by atoms with E-state index in [1.807, 2.05) is 0 Å². The Morgan fingerprint density at radius 2 is 1.59 bits per heavy atom. The van der Waals surface area contributed by atoms with Crippen molar-refractivity contribution in [1.29, 1.82) is 0 Å². The Hall–Kier alpha value is -1.81. The minimum atomic E-state index is -0.432. The van der Waals surface area contributed by atoms with Gasteiger partial charge in [0.05, 0.1) is 22.1 Å². The van der Waals surface area contributed by atoms with E-state index in [9.17, 15) is 8.78 Å². The number of rotatable bonds is 2. The van der Waals surface area contributed by atoms with Crippen LogP contribution >= 0.6 is 11.6 Å². The van der Waals surface area contributed by atoms with Gasteiger partial charge >= 0.3 is 0 Å². The van der Waals surface area contributed by atoms with Crippen molar-refractivity contribution >= 4 is 28.7 Å². The summed E-state index contributed by atoms with van der Waals surface area (Å²) < 4.78 is 25.9. The molecule has 3 N–H and O–H groups in total. The SMILES string of the molecule is Nc1cc(F)ccc1Nc1cc(F)ccc1Cl. The molecule has 0 fully saturated rings. The van der Waals surface area contributed by atoms with Gasteiger partial charge in [0.25, 0.3) is 0 Å². The Morgan fingerprint density at radius 3 is 2.29 bits per heavy atom. The number of benzene rings is 2. The minimum Gasteiger partial charge on any atom is -0.397 e. The number of hydrogen-bond donors (Lipinski definition) is 2. The fourth-order valence-corrected chi connectivity index (χ4v) is 1.55. The Morgan fingerprint density at radius 1 is 0.941 bits per heavy atom. The molecule has 0 aliphatic carbocycles. The van der Waals surface area contributed by atoms with Gasteiger partial charge in [-0.15, -0.1) is 0 Å². The first-order valence-electron chi connectivity index (χ1n) is 4.83. The van der Waals surface area contributed by atoms with Crippen molar-refractivity contribution in [3.63, 3.8) is 0 Å². The van der Waals surface area contributed by atoms with E-state index < -0.39 is 11.6 Å². The van der Waals surface area contributed by atoms with Gasteiger partial charge in [0.15, 0.2) is 0 Å². The van der Waals surface area contributed by atoms with Crippen molar-refractivity contribution in [2.75, 3.05) is 11.1 Å². The van der Waals surface area contributed by atoms with E-state index in [1.165, 1.54) is 36.4 Å². The first-order valence-corrected chi connectivity index (χ1v) is 5.21. The maximum atomic E-state index is 13.0. The molecule has 2 nitrogen and oxygen atoms in total. The Bertz CT molecular complexity index is 558. The van der Waals surface area contributed by atoms with Crippen molar-refractivity contribution in [2.24, 2.45) is 0 Å². The molecule has 0 spiro atoms. The second kappa shape index (κ2) is 4.59. The summed E-state index contributed by atoms with van der Waals surface area (Å²) >= 11 is 5.89. The second-order valence-corrected chi connectivity index (χ2v) is 3.89. The van der Waals surface area contributed by atoms with Crippen molar-refractivity contribution in [3.05, 3.63) is 53.1 Å². The van der Waals surface area contributed by atoms with Crippen LogP contribution in [-0.2, 0) is 0 Å². The highest BCUT2D eigenvalue weighted by Gasteiger charge is 2.05. The maximum absolute atomic E-state index is 13.0. The maximum Gasteiger partial charge on any atom is 0.125 e. The third-order valence-electron chi connectivity index (χ3n) is 2.21. The van der Waals surface area contributed by atoms with Gasteiger partial charge in [0, 0.05) is 0 Å². The number of anilines is 3. The molecule has 2 aromatic carbocycles. The van der Waals surface area contributed by atoms with Crippen LogP contribution in [-0.4, -0.2) is 0 Å². The molecule has 0 aromatic heterocycles. The van der Waals surface area contributed by atoms with E-state index >= 15 is 0 Å². The van der Waals surface area contributed by atoms with E-state index in [-0.39, 0.29) is 5.69 Å². The zero-order valence-electron chi connectivity index (χ0n) is 8.68. The highest BCUT2D eigenvalue weighted by Crippen LogP contribution is 2.29. The molecule has 0 amide bonds. The molecule has 2 rings (SSSR count). The summed E-state index contributed by atoms with van der Waals surface area (Å²) in [6, 6.07) is 7.82. The van der Waals surface area contributed by atoms with Gasteiger partial charge < -0.3 is 11.1 Å². The van der Waals surface area contributed by atoms with Crippen LogP contribution in [0.2, 0.25) is 5.02 Å². The first kappa shape index (κ1) is 11.7. The predicted octanol–water partition coefficient (Wildman–Crippen LogP) is 3.94. The monoisotopic (exact) mass is 254 g/mol. The van der Waals surface area contributed by atoms with Gasteiger partial charge in [-0.3, -0.25) is 0 Å². The van der Waals surface area contributed by atoms with E-state index in [4.69, 9.17) is 17.3 Å². The molecular weight excluding hydrogens is 246 g/mol. The lowest BCUT2D eigenvalue weighted by Crippen LogP contribution is -1.97. The lowest BCUT2D eigenvalue weighted by molar-refractivity contribution is 0.627. The van der Waals surface area contributed by atoms with E-state index in [1.54, 1.807) is 0 Å². The summed E-state index contributed by atoms with van der Waals surface area (Å²) in [7, 11) is 0. The molecule has 0 atom stereocenters. The molecule has 0 aliphatic heterocycles. The third kappa shape index (κ3) is 2.65. The first-order chi connectivity index (χ1) is 8.06. The lowest BCUT2D eigenvalue weighted by atomic mass is 10.2. The summed E-state index contributed by atoms with van der Waals surface area (Å²) in [5.41, 5.74) is 6.70. The number of nitrogens with one attached hydrogen (secondary N) is 1. The zero-order chi connectivity index (χ0) is 12.4. The second-order valence-electron chi connectivity index (χ2n) is 3.48. The van der Waals surface area contributed by atoms with Crippen LogP contribution in [0.25, 0.3) is 0 Å². The molecular formula is C12H9ClF2N2. The molecule has 0 heterocycles. The van der Waals surface area contributed by atoms with Crippen LogP contribution in [0.4, 0.5) is 25.8 Å². The van der Waals surface area contributed by atoms with Gasteiger partial charge in [-0.25, -0.2) is 8.78 Å². The lowest BCUT2D eigenvalue weighted by Gasteiger charge is -2.10. The molecule has 0 bridgehead atoms. The predicted molar refractivity (Wildman–Crippen MR) is 65.5 cm³/mol. The molecule has 0 saturated heterocycles. The molecule has 0 radical (unpaired) electrons. The quantitative estimate of drug-likeness (QED) is 0.797. The highest BCUT2D eigenvalue weighted by molar-refractivity contribution is 6.33. The Labute approximate surface area is 102 Å². The summed E-state index contributed by atoms with van der Waals surface area (Å²) in [5.74, 6) is -0.851. The molecule has 0 unspecified atom stereocenters. The highest BCUT2D eigenvalue weighted by atomic mass is 35.5. The zero-order valence-corrected chi connectivity index (χ0v) is 9.43. The average molecular weight is 255 g/mol. The smallest absolute Gasteiger partial charge is 0.125 e. The van der Waals surface area contributed by atoms with Crippen LogP contribution in [0.5, 0.6) is 0 Å². The van der Waals surface area contributed by atoms with Crippen LogP contribution in [0.15, 0.2) is 36.4 Å². The third-order valence-corrected chi connectivity index (χ3v) is 2.54. The van der Waals surface area contributed by atoms with Crippen LogP contribution < -0.4 is 11.1 Å². The van der Waals surface area contributed by atoms with Gasteiger partial charge in [0.2, 0.25) is 0 Å². The normalized spacial score (nSPS) is 10.3. The number of nitrogens with two attached hydrogens (primary N) is 1. The van der Waals surface area contributed by atoms with Crippen LogP contribution in [0, 0.1) is 11.6 Å². The Kier molecular flexibility index (Phi) is 3.15. The van der Waals surface area contributed by atoms with Crippen molar-refractivity contribution in [1.82, 2.24) is 0 Å². The van der Waals surface area contributed by atoms with Crippen LogP contribution in [0.1, 0.15) is 0 Å². The van der Waals surface area contributed by atoms with Crippen molar-refractivity contribution in [3.8, 4) is 0 Å². The summed E-state index contributed by atoms with van der Waals surface area (Å²) in [6.45, 7) is 0. The van der Waals surface area contributed by atoms with Crippen LogP contribution in [0.3, 0.4) is 0 Å². The largest absolute Gasteiger partial charge is 0.397 e. The topological polar surface area (TPSA) is 38.0 Å². The molecule has 17 heavy (non-hydrogen) atoms. The Balaban J connectivity index is 2.34. The van der Waals surface area contributed by atoms with Gasteiger partial charge in [0.1, 0.15) is 11.6 Å². The van der Waals surface area contributed by atoms with Crippen molar-refractivity contribution in [2.45, 2.75) is 0 Å². The minimum absolute atomic E-state index is 0.227. The van der Waals surface area contributed by atoms with Gasteiger partial charge in [-0.05, 0) is 36.4 Å². The summed E-state index contributed by atoms with van der Waals surface area (Å²) in [4.78, 5) is 0. The molecule has 2 aromatic rings. The van der Waals surface area contributed by atoms with Crippen molar-refractivity contribution < 1.29 is 8.78 Å². The number of halogens is 3. The summed E-state index contributed by atoms with van der Waals surface area (Å²) in [5, 5.41) is 3.20. The van der Waals surface area contributed by atoms with E-state index in [0.717, 1.165) is 0 Å². The number of hydrogen-bond acceptors (Lipinski definition) is 2. The fraction of sp³-hybridized carbons (Fsp3) is 0. The fourth-order valence-electron chi connectivity index (χ4n) is 1.39. The van der Waals surface area contributed by atoms with Gasteiger partial charge in [-0.1, -0.05) is 11.6 Å². The van der Waals surface area contributed by atoms with E-state index in [2.05, 4.69) is 5.32 Å². The van der Waals surface area contributed by atoms with E-state index in [0.29, 0.717) is 16.4 Å². The molecule has 5 heteroatoms. The standard InChI is InChI=1S/C12H9ClF2N2/c13-9-3-1-8(15)6-12(9)17-11-4-2-7(14)5-10(11)16/h1-6,17H,16H2. The van der Waals surface area contributed by atoms with Gasteiger partial charge in [-0.2, -0.15) is 0 Å². The molecule has 88 valence electrons. The molecule has 0 aliphatic rings. The average Bonchev–Trinajstić information content (AvgIpc) is 2.27. The summed E-state index contributed by atoms with van der Waals surface area (Å²) in [6.07, 6.45) is 0. The molecule has 0 saturated carbocycles. The number of nitrogen functional groups attached to an aromatic ring is 1.